The second-order valence-corrected chi connectivity index (χ2v) is 15.7. The molecule has 0 aromatic heterocycles. The second kappa shape index (κ2) is 48.0. The lowest BCUT2D eigenvalue weighted by molar-refractivity contribution is -0.167. The van der Waals surface area contributed by atoms with Gasteiger partial charge in [0.25, 0.3) is 0 Å². The summed E-state index contributed by atoms with van der Waals surface area (Å²) >= 11 is 0. The Labute approximate surface area is 368 Å². The van der Waals surface area contributed by atoms with E-state index in [1.807, 2.05) is 0 Å². The summed E-state index contributed by atoms with van der Waals surface area (Å²) in [5.74, 6) is -0.942. The molecule has 0 saturated heterocycles. The van der Waals surface area contributed by atoms with Crippen LogP contribution < -0.4 is 0 Å². The van der Waals surface area contributed by atoms with Gasteiger partial charge in [0.05, 0.1) is 0 Å². The molecule has 0 heterocycles. The van der Waals surface area contributed by atoms with E-state index in [-0.39, 0.29) is 31.1 Å². The summed E-state index contributed by atoms with van der Waals surface area (Å²) in [6.45, 7) is 6.22. The molecule has 0 aliphatic rings. The number of esters is 3. The SMILES string of the molecule is CC/C=C/C=C/C=C/CCCCCCCCCC(=O)OCC(COC(=O)CCCCCCC/C=C/C=C/C=C/CC)OC(=O)CCCCCCCCC/C=C/C/C=C/CC. The van der Waals surface area contributed by atoms with Crippen molar-refractivity contribution in [2.45, 2.75) is 213 Å². The minimum atomic E-state index is -0.795. The first-order chi connectivity index (χ1) is 29.5. The van der Waals surface area contributed by atoms with Crippen LogP contribution in [0.2, 0.25) is 0 Å². The van der Waals surface area contributed by atoms with Crippen molar-refractivity contribution in [3.63, 3.8) is 0 Å². The van der Waals surface area contributed by atoms with Gasteiger partial charge in [-0.3, -0.25) is 14.4 Å². The quantitative estimate of drug-likeness (QED) is 0.0200. The van der Waals surface area contributed by atoms with E-state index < -0.39 is 6.10 Å². The molecule has 0 fully saturated rings. The Morgan fingerprint density at radius 2 is 0.683 bits per heavy atom. The van der Waals surface area contributed by atoms with Crippen LogP contribution in [-0.2, 0) is 28.6 Å². The lowest BCUT2D eigenvalue weighted by atomic mass is 10.1. The highest BCUT2D eigenvalue weighted by molar-refractivity contribution is 5.71. The number of ether oxygens (including phenoxy) is 3. The highest BCUT2D eigenvalue weighted by Crippen LogP contribution is 2.14. The molecule has 60 heavy (non-hydrogen) atoms. The Hall–Kier alpha value is -3.67. The third-order valence-corrected chi connectivity index (χ3v) is 9.94. The Morgan fingerprint density at radius 3 is 1.10 bits per heavy atom. The standard InChI is InChI=1S/C54H88O6/c1-4-7-10-13-16-19-22-25-27-30-32-35-38-41-44-47-53(56)59-50-51(49-58-52(55)46-43-40-37-34-31-28-24-21-18-15-12-9-6-3)60-54(57)48-45-42-39-36-33-29-26-23-20-17-14-11-8-5-2/h7-13,15-22,24,51H,4-6,14,23,25-50H2,1-3H3/b10-7+,11-8+,12-9+,16-13+,18-15+,20-17+,22-19+,24-21+. The molecule has 0 aliphatic heterocycles. The summed E-state index contributed by atoms with van der Waals surface area (Å²) in [7, 11) is 0. The minimum absolute atomic E-state index is 0.0954. The van der Waals surface area contributed by atoms with Crippen LogP contribution in [0.5, 0.6) is 0 Å². The number of rotatable bonds is 42. The van der Waals surface area contributed by atoms with E-state index in [1.54, 1.807) is 0 Å². The molecular weight excluding hydrogens is 745 g/mol. The number of hydrogen-bond donors (Lipinski definition) is 0. The van der Waals surface area contributed by atoms with E-state index in [0.717, 1.165) is 116 Å². The molecule has 0 N–H and O–H groups in total. The van der Waals surface area contributed by atoms with Gasteiger partial charge in [0, 0.05) is 19.3 Å². The first kappa shape index (κ1) is 56.3. The first-order valence-electron chi connectivity index (χ1n) is 24.3. The molecule has 0 aromatic carbocycles. The fourth-order valence-electron chi connectivity index (χ4n) is 6.36. The molecule has 0 radical (unpaired) electrons. The summed E-state index contributed by atoms with van der Waals surface area (Å²) in [5, 5.41) is 0. The highest BCUT2D eigenvalue weighted by atomic mass is 16.6. The summed E-state index contributed by atoms with van der Waals surface area (Å²) in [6, 6.07) is 0. The van der Waals surface area contributed by atoms with E-state index in [9.17, 15) is 14.4 Å². The van der Waals surface area contributed by atoms with Gasteiger partial charge < -0.3 is 14.2 Å². The van der Waals surface area contributed by atoms with Gasteiger partial charge in [-0.25, -0.2) is 0 Å². The van der Waals surface area contributed by atoms with Gasteiger partial charge >= 0.3 is 17.9 Å². The van der Waals surface area contributed by atoms with Crippen LogP contribution in [0.3, 0.4) is 0 Å². The molecule has 0 rings (SSSR count). The van der Waals surface area contributed by atoms with Crippen LogP contribution in [0.4, 0.5) is 0 Å². The molecule has 0 bridgehead atoms. The van der Waals surface area contributed by atoms with Gasteiger partial charge in [-0.2, -0.15) is 0 Å². The number of allylic oxidation sites excluding steroid dienone is 16. The Morgan fingerprint density at radius 1 is 0.350 bits per heavy atom. The fraction of sp³-hybridized carbons (Fsp3) is 0.648. The van der Waals surface area contributed by atoms with Crippen LogP contribution in [0.15, 0.2) is 97.2 Å². The van der Waals surface area contributed by atoms with E-state index >= 15 is 0 Å². The van der Waals surface area contributed by atoms with Crippen molar-refractivity contribution in [3.8, 4) is 0 Å². The molecule has 0 saturated carbocycles. The van der Waals surface area contributed by atoms with Crippen LogP contribution in [0.1, 0.15) is 207 Å². The van der Waals surface area contributed by atoms with E-state index in [2.05, 4.69) is 118 Å². The molecule has 1 atom stereocenters. The maximum atomic E-state index is 12.8. The Balaban J connectivity index is 4.45. The molecule has 6 heteroatoms. The molecule has 0 aliphatic carbocycles. The largest absolute Gasteiger partial charge is 0.462 e. The van der Waals surface area contributed by atoms with Gasteiger partial charge in [0.2, 0.25) is 0 Å². The summed E-state index contributed by atoms with van der Waals surface area (Å²) in [6.07, 6.45) is 62.4. The van der Waals surface area contributed by atoms with E-state index in [1.165, 1.54) is 51.4 Å². The van der Waals surface area contributed by atoms with Crippen molar-refractivity contribution in [2.24, 2.45) is 0 Å². The number of hydrogen-bond acceptors (Lipinski definition) is 6. The predicted octanol–water partition coefficient (Wildman–Crippen LogP) is 15.8. The minimum Gasteiger partial charge on any atom is -0.462 e. The van der Waals surface area contributed by atoms with Crippen molar-refractivity contribution in [3.05, 3.63) is 97.2 Å². The van der Waals surface area contributed by atoms with E-state index in [4.69, 9.17) is 14.2 Å². The van der Waals surface area contributed by atoms with Crippen molar-refractivity contribution < 1.29 is 28.6 Å². The zero-order valence-electron chi connectivity index (χ0n) is 38.7. The smallest absolute Gasteiger partial charge is 0.306 e. The maximum Gasteiger partial charge on any atom is 0.306 e. The van der Waals surface area contributed by atoms with Crippen LogP contribution in [0, 0.1) is 0 Å². The van der Waals surface area contributed by atoms with Crippen molar-refractivity contribution in [2.75, 3.05) is 13.2 Å². The third-order valence-electron chi connectivity index (χ3n) is 9.94. The third kappa shape index (κ3) is 45.4. The average molecular weight is 833 g/mol. The summed E-state index contributed by atoms with van der Waals surface area (Å²) in [4.78, 5) is 37.9. The van der Waals surface area contributed by atoms with Crippen molar-refractivity contribution in [1.29, 1.82) is 0 Å². The van der Waals surface area contributed by atoms with Crippen LogP contribution in [0.25, 0.3) is 0 Å². The first-order valence-corrected chi connectivity index (χ1v) is 24.3. The maximum absolute atomic E-state index is 12.8. The van der Waals surface area contributed by atoms with Gasteiger partial charge in [0.1, 0.15) is 13.2 Å². The molecule has 1 unspecified atom stereocenters. The van der Waals surface area contributed by atoms with E-state index in [0.29, 0.717) is 19.3 Å². The monoisotopic (exact) mass is 833 g/mol. The van der Waals surface area contributed by atoms with Gasteiger partial charge in [-0.15, -0.1) is 0 Å². The molecule has 0 spiro atoms. The predicted molar refractivity (Wildman–Crippen MR) is 256 cm³/mol. The van der Waals surface area contributed by atoms with Gasteiger partial charge in [0.15, 0.2) is 6.10 Å². The van der Waals surface area contributed by atoms with Crippen LogP contribution in [-0.4, -0.2) is 37.2 Å². The Kier molecular flexibility index (Phi) is 45.1. The lowest BCUT2D eigenvalue weighted by Crippen LogP contribution is -2.30. The average Bonchev–Trinajstić information content (AvgIpc) is 3.24. The number of carbonyl (C=O) groups is 3. The number of carbonyl (C=O) groups excluding carboxylic acids is 3. The molecule has 340 valence electrons. The normalized spacial score (nSPS) is 12.9. The molecule has 6 nitrogen and oxygen atoms in total. The highest BCUT2D eigenvalue weighted by Gasteiger charge is 2.19. The van der Waals surface area contributed by atoms with Gasteiger partial charge in [-0.05, 0) is 83.5 Å². The zero-order valence-corrected chi connectivity index (χ0v) is 38.7. The fourth-order valence-corrected chi connectivity index (χ4v) is 6.36. The zero-order chi connectivity index (χ0) is 43.7. The second-order valence-electron chi connectivity index (χ2n) is 15.7. The number of unbranched alkanes of at least 4 members (excludes halogenated alkanes) is 19. The lowest BCUT2D eigenvalue weighted by Gasteiger charge is -2.18. The molecular formula is C54H88O6. The van der Waals surface area contributed by atoms with Crippen molar-refractivity contribution in [1.82, 2.24) is 0 Å². The molecule has 0 aromatic rings. The topological polar surface area (TPSA) is 78.9 Å². The van der Waals surface area contributed by atoms with Crippen molar-refractivity contribution >= 4 is 17.9 Å². The van der Waals surface area contributed by atoms with Gasteiger partial charge in [-0.1, -0.05) is 201 Å². The Bertz CT molecular complexity index is 1230. The molecule has 0 amide bonds. The van der Waals surface area contributed by atoms with Crippen LogP contribution >= 0.6 is 0 Å². The summed E-state index contributed by atoms with van der Waals surface area (Å²) in [5.41, 5.74) is 0. The summed E-state index contributed by atoms with van der Waals surface area (Å²) < 4.78 is 16.7.